The first-order valence-corrected chi connectivity index (χ1v) is 5.34. The second-order valence-corrected chi connectivity index (χ2v) is 3.83. The highest BCUT2D eigenvalue weighted by molar-refractivity contribution is 6.31. The molecule has 16 heavy (non-hydrogen) atoms. The predicted octanol–water partition coefficient (Wildman–Crippen LogP) is 2.25. The third-order valence-electron chi connectivity index (χ3n) is 2.38. The second-order valence-electron chi connectivity index (χ2n) is 3.42. The van der Waals surface area contributed by atoms with Crippen molar-refractivity contribution in [2.24, 2.45) is 0 Å². The summed E-state index contributed by atoms with van der Waals surface area (Å²) in [7, 11) is 1.63. The Hall–Kier alpha value is -1.55. The van der Waals surface area contributed by atoms with Crippen LogP contribution in [0, 0.1) is 0 Å². The number of nitrogens with one attached hydrogen (secondary N) is 1. The highest BCUT2D eigenvalue weighted by Gasteiger charge is 2.04. The minimum atomic E-state index is 0.725. The number of methoxy groups -OCH3 is 1. The summed E-state index contributed by atoms with van der Waals surface area (Å²) in [6.45, 7) is 0. The van der Waals surface area contributed by atoms with E-state index in [1.807, 2.05) is 18.2 Å². The first kappa shape index (κ1) is 11.0. The predicted molar refractivity (Wildman–Crippen MR) is 61.8 cm³/mol. The van der Waals surface area contributed by atoms with Crippen molar-refractivity contribution in [1.29, 1.82) is 0 Å². The molecule has 1 aromatic carbocycles. The largest absolute Gasteiger partial charge is 0.497 e. The normalized spacial score (nSPS) is 10.4. The molecule has 1 aromatic heterocycles. The van der Waals surface area contributed by atoms with Crippen LogP contribution in [0.4, 0.5) is 0 Å². The van der Waals surface area contributed by atoms with Crippen molar-refractivity contribution in [3.63, 3.8) is 0 Å². The van der Waals surface area contributed by atoms with Crippen LogP contribution in [-0.2, 0) is 12.8 Å². The second kappa shape index (κ2) is 4.99. The summed E-state index contributed by atoms with van der Waals surface area (Å²) < 4.78 is 5.09. The summed E-state index contributed by atoms with van der Waals surface area (Å²) in [5, 5.41) is 11.1. The number of hydrogen-bond acceptors (Lipinski definition) is 3. The minimum Gasteiger partial charge on any atom is -0.497 e. The summed E-state index contributed by atoms with van der Waals surface area (Å²) in [4.78, 5) is 0. The number of rotatable bonds is 4. The summed E-state index contributed by atoms with van der Waals surface area (Å²) in [6.07, 6.45) is 3.38. The number of hydrogen-bond donors (Lipinski definition) is 1. The van der Waals surface area contributed by atoms with E-state index in [0.717, 1.165) is 34.9 Å². The average Bonchev–Trinajstić information content (AvgIpc) is 2.80. The maximum absolute atomic E-state index is 6.12. The highest BCUT2D eigenvalue weighted by Crippen LogP contribution is 2.23. The molecule has 0 aliphatic heterocycles. The van der Waals surface area contributed by atoms with Gasteiger partial charge in [0.15, 0.2) is 0 Å². The van der Waals surface area contributed by atoms with Crippen LogP contribution in [0.5, 0.6) is 5.75 Å². The Balaban J connectivity index is 2.04. The zero-order chi connectivity index (χ0) is 11.4. The number of aromatic nitrogens is 3. The Kier molecular flexibility index (Phi) is 3.41. The first-order valence-electron chi connectivity index (χ1n) is 4.96. The third-order valence-corrected chi connectivity index (χ3v) is 2.73. The summed E-state index contributed by atoms with van der Waals surface area (Å²) in [5.74, 6) is 0.773. The third kappa shape index (κ3) is 2.52. The van der Waals surface area contributed by atoms with Gasteiger partial charge in [0, 0.05) is 5.02 Å². The molecule has 84 valence electrons. The van der Waals surface area contributed by atoms with Gasteiger partial charge in [0.05, 0.1) is 19.0 Å². The fraction of sp³-hybridized carbons (Fsp3) is 0.273. The van der Waals surface area contributed by atoms with Crippen LogP contribution in [0.3, 0.4) is 0 Å². The molecule has 0 bridgehead atoms. The SMILES string of the molecule is COc1ccc(CCc2cn[nH]n2)c(Cl)c1. The Bertz CT molecular complexity index is 456. The van der Waals surface area contributed by atoms with Gasteiger partial charge in [-0.15, -0.1) is 0 Å². The molecule has 0 unspecified atom stereocenters. The van der Waals surface area contributed by atoms with Crippen molar-refractivity contribution < 1.29 is 4.74 Å². The van der Waals surface area contributed by atoms with Crippen molar-refractivity contribution in [1.82, 2.24) is 15.4 Å². The molecule has 0 saturated heterocycles. The highest BCUT2D eigenvalue weighted by atomic mass is 35.5. The molecule has 1 N–H and O–H groups in total. The van der Waals surface area contributed by atoms with Crippen molar-refractivity contribution >= 4 is 11.6 Å². The molecule has 0 radical (unpaired) electrons. The number of H-pyrrole nitrogens is 1. The number of nitrogens with zero attached hydrogens (tertiary/aromatic N) is 2. The molecule has 0 atom stereocenters. The summed E-state index contributed by atoms with van der Waals surface area (Å²) >= 11 is 6.12. The van der Waals surface area contributed by atoms with Crippen LogP contribution in [-0.4, -0.2) is 22.5 Å². The molecule has 4 nitrogen and oxygen atoms in total. The Morgan fingerprint density at radius 3 is 2.88 bits per heavy atom. The zero-order valence-electron chi connectivity index (χ0n) is 8.90. The van der Waals surface area contributed by atoms with Crippen molar-refractivity contribution in [3.05, 3.63) is 40.7 Å². The zero-order valence-corrected chi connectivity index (χ0v) is 9.66. The molecule has 0 saturated carbocycles. The van der Waals surface area contributed by atoms with Crippen LogP contribution in [0.2, 0.25) is 5.02 Å². The van der Waals surface area contributed by atoms with Gasteiger partial charge in [0.1, 0.15) is 5.75 Å². The lowest BCUT2D eigenvalue weighted by Crippen LogP contribution is -1.93. The van der Waals surface area contributed by atoms with E-state index in [1.165, 1.54) is 0 Å². The maximum Gasteiger partial charge on any atom is 0.120 e. The van der Waals surface area contributed by atoms with E-state index in [9.17, 15) is 0 Å². The van der Waals surface area contributed by atoms with Crippen LogP contribution in [0.25, 0.3) is 0 Å². The van der Waals surface area contributed by atoms with Gasteiger partial charge in [-0.1, -0.05) is 17.7 Å². The first-order chi connectivity index (χ1) is 7.79. The van der Waals surface area contributed by atoms with Gasteiger partial charge in [0.25, 0.3) is 0 Å². The maximum atomic E-state index is 6.12. The lowest BCUT2D eigenvalue weighted by molar-refractivity contribution is 0.414. The molecule has 0 fully saturated rings. The van der Waals surface area contributed by atoms with E-state index in [2.05, 4.69) is 15.4 Å². The summed E-state index contributed by atoms with van der Waals surface area (Å²) in [6, 6.07) is 5.70. The number of ether oxygens (including phenoxy) is 1. The van der Waals surface area contributed by atoms with E-state index in [0.29, 0.717) is 0 Å². The Morgan fingerprint density at radius 2 is 2.25 bits per heavy atom. The lowest BCUT2D eigenvalue weighted by Gasteiger charge is -2.05. The van der Waals surface area contributed by atoms with Gasteiger partial charge in [-0.25, -0.2) is 0 Å². The summed E-state index contributed by atoms with van der Waals surface area (Å²) in [5.41, 5.74) is 2.03. The van der Waals surface area contributed by atoms with Crippen LogP contribution >= 0.6 is 11.6 Å². The molecule has 1 heterocycles. The standard InChI is InChI=1S/C11H12ClN3O/c1-16-10-5-3-8(11(12)6-10)2-4-9-7-13-15-14-9/h3,5-7H,2,4H2,1H3,(H,13,14,15). The van der Waals surface area contributed by atoms with Gasteiger partial charge < -0.3 is 4.74 Å². The van der Waals surface area contributed by atoms with Crippen LogP contribution in [0.1, 0.15) is 11.3 Å². The van der Waals surface area contributed by atoms with E-state index in [4.69, 9.17) is 16.3 Å². The number of aryl methyl sites for hydroxylation is 2. The number of halogens is 1. The minimum absolute atomic E-state index is 0.725. The van der Waals surface area contributed by atoms with Crippen molar-refractivity contribution in [2.75, 3.05) is 7.11 Å². The van der Waals surface area contributed by atoms with Gasteiger partial charge in [-0.2, -0.15) is 15.4 Å². The van der Waals surface area contributed by atoms with E-state index in [-0.39, 0.29) is 0 Å². The van der Waals surface area contributed by atoms with Gasteiger partial charge >= 0.3 is 0 Å². The molecule has 5 heteroatoms. The van der Waals surface area contributed by atoms with Gasteiger partial charge in [0.2, 0.25) is 0 Å². The molecule has 0 aliphatic rings. The van der Waals surface area contributed by atoms with E-state index < -0.39 is 0 Å². The Labute approximate surface area is 98.6 Å². The molecule has 2 rings (SSSR count). The smallest absolute Gasteiger partial charge is 0.120 e. The van der Waals surface area contributed by atoms with Crippen molar-refractivity contribution in [3.8, 4) is 5.75 Å². The van der Waals surface area contributed by atoms with E-state index >= 15 is 0 Å². The quantitative estimate of drug-likeness (QED) is 0.888. The molecule has 2 aromatic rings. The molecular formula is C11H12ClN3O. The number of benzene rings is 1. The number of aromatic amines is 1. The Morgan fingerprint density at radius 1 is 1.38 bits per heavy atom. The molecule has 0 spiro atoms. The fourth-order valence-electron chi connectivity index (χ4n) is 1.47. The van der Waals surface area contributed by atoms with Crippen molar-refractivity contribution in [2.45, 2.75) is 12.8 Å². The van der Waals surface area contributed by atoms with Crippen LogP contribution < -0.4 is 4.74 Å². The lowest BCUT2D eigenvalue weighted by atomic mass is 10.1. The molecular weight excluding hydrogens is 226 g/mol. The fourth-order valence-corrected chi connectivity index (χ4v) is 1.73. The van der Waals surface area contributed by atoms with Crippen LogP contribution in [0.15, 0.2) is 24.4 Å². The monoisotopic (exact) mass is 237 g/mol. The van der Waals surface area contributed by atoms with Gasteiger partial charge in [-0.3, -0.25) is 0 Å². The molecule has 0 aliphatic carbocycles. The van der Waals surface area contributed by atoms with E-state index in [1.54, 1.807) is 13.3 Å². The molecule has 0 amide bonds. The topological polar surface area (TPSA) is 50.8 Å². The average molecular weight is 238 g/mol. The van der Waals surface area contributed by atoms with Gasteiger partial charge in [-0.05, 0) is 30.5 Å².